The van der Waals surface area contributed by atoms with Gasteiger partial charge in [0.1, 0.15) is 0 Å². The zero-order chi connectivity index (χ0) is 15.6. The third-order valence-electron chi connectivity index (χ3n) is 5.17. The number of nitrogens with zero attached hydrogens (tertiary/aromatic N) is 4. The van der Waals surface area contributed by atoms with Crippen LogP contribution in [0.2, 0.25) is 0 Å². The summed E-state index contributed by atoms with van der Waals surface area (Å²) in [5.74, 6) is 1.77. The van der Waals surface area contributed by atoms with Gasteiger partial charge < -0.3 is 14.8 Å². The van der Waals surface area contributed by atoms with Gasteiger partial charge in [-0.1, -0.05) is 13.8 Å². The highest BCUT2D eigenvalue weighted by Crippen LogP contribution is 2.45. The number of aromatic nitrogens is 2. The van der Waals surface area contributed by atoms with Crippen LogP contribution in [-0.4, -0.2) is 46.6 Å². The fourth-order valence-electron chi connectivity index (χ4n) is 3.16. The van der Waals surface area contributed by atoms with Crippen molar-refractivity contribution < 1.29 is 0 Å². The quantitative estimate of drug-likeness (QED) is 0.687. The Morgan fingerprint density at radius 2 is 2.27 bits per heavy atom. The molecule has 1 aromatic heterocycles. The van der Waals surface area contributed by atoms with Gasteiger partial charge in [-0.25, -0.2) is 4.98 Å². The van der Waals surface area contributed by atoms with E-state index in [2.05, 4.69) is 46.7 Å². The van der Waals surface area contributed by atoms with Crippen LogP contribution in [0, 0.1) is 11.3 Å². The van der Waals surface area contributed by atoms with Crippen molar-refractivity contribution in [2.24, 2.45) is 16.3 Å². The summed E-state index contributed by atoms with van der Waals surface area (Å²) in [5.41, 5.74) is 0.466. The monoisotopic (exact) mass is 303 g/mol. The smallest absolute Gasteiger partial charge is 0.194 e. The van der Waals surface area contributed by atoms with Gasteiger partial charge in [-0.15, -0.1) is 0 Å². The molecule has 1 saturated heterocycles. The summed E-state index contributed by atoms with van der Waals surface area (Å²) < 4.78 is 2.25. The van der Waals surface area contributed by atoms with Gasteiger partial charge in [0, 0.05) is 38.6 Å². The SMILES string of the molecule is CCNC(=NCC1(C)CC1)N1CCC(C)C(n2ccnc2)C1. The fraction of sp³-hybridized carbons (Fsp3) is 0.765. The average molecular weight is 303 g/mol. The molecule has 1 saturated carbocycles. The number of rotatable bonds is 4. The standard InChI is InChI=1S/C17H29N5/c1-4-19-16(20-12-17(3)6-7-17)21-9-5-14(2)15(11-21)22-10-8-18-13-22/h8,10,13-15H,4-7,9,11-12H2,1-3H3,(H,19,20). The first kappa shape index (κ1) is 15.4. The molecule has 2 fully saturated rings. The van der Waals surface area contributed by atoms with Gasteiger partial charge >= 0.3 is 0 Å². The number of likely N-dealkylation sites (tertiary alicyclic amines) is 1. The van der Waals surface area contributed by atoms with E-state index >= 15 is 0 Å². The molecule has 2 unspecified atom stereocenters. The molecule has 5 nitrogen and oxygen atoms in total. The molecule has 0 amide bonds. The molecule has 1 aromatic rings. The summed E-state index contributed by atoms with van der Waals surface area (Å²) in [6, 6.07) is 0.483. The second-order valence-corrected chi connectivity index (χ2v) is 7.27. The van der Waals surface area contributed by atoms with Gasteiger partial charge in [0.15, 0.2) is 5.96 Å². The predicted molar refractivity (Wildman–Crippen MR) is 89.9 cm³/mol. The van der Waals surface area contributed by atoms with Crippen LogP contribution in [0.4, 0.5) is 0 Å². The van der Waals surface area contributed by atoms with Gasteiger partial charge in [-0.3, -0.25) is 4.99 Å². The highest BCUT2D eigenvalue weighted by molar-refractivity contribution is 5.80. The summed E-state index contributed by atoms with van der Waals surface area (Å²) in [5, 5.41) is 3.48. The fourth-order valence-corrected chi connectivity index (χ4v) is 3.16. The van der Waals surface area contributed by atoms with Crippen LogP contribution >= 0.6 is 0 Å². The van der Waals surface area contributed by atoms with E-state index in [-0.39, 0.29) is 0 Å². The molecule has 1 N–H and O–H groups in total. The van der Waals surface area contributed by atoms with Crippen LogP contribution in [0.15, 0.2) is 23.7 Å². The summed E-state index contributed by atoms with van der Waals surface area (Å²) in [7, 11) is 0. The second kappa shape index (κ2) is 6.31. The number of hydrogen-bond donors (Lipinski definition) is 1. The van der Waals surface area contributed by atoms with Crippen LogP contribution in [0.3, 0.4) is 0 Å². The minimum atomic E-state index is 0.466. The predicted octanol–water partition coefficient (Wildman–Crippen LogP) is 2.53. The van der Waals surface area contributed by atoms with Crippen molar-refractivity contribution in [2.75, 3.05) is 26.2 Å². The van der Waals surface area contributed by atoms with E-state index in [9.17, 15) is 0 Å². The van der Waals surface area contributed by atoms with Gasteiger partial charge in [-0.05, 0) is 37.5 Å². The number of nitrogens with one attached hydrogen (secondary N) is 1. The van der Waals surface area contributed by atoms with E-state index in [0.29, 0.717) is 17.4 Å². The Balaban J connectivity index is 1.70. The molecular weight excluding hydrogens is 274 g/mol. The molecule has 1 aliphatic heterocycles. The zero-order valence-corrected chi connectivity index (χ0v) is 14.1. The van der Waals surface area contributed by atoms with Crippen LogP contribution in [-0.2, 0) is 0 Å². The van der Waals surface area contributed by atoms with E-state index < -0.39 is 0 Å². The van der Waals surface area contributed by atoms with Gasteiger partial charge in [0.05, 0.1) is 12.4 Å². The molecule has 0 aromatic carbocycles. The number of hydrogen-bond acceptors (Lipinski definition) is 2. The maximum Gasteiger partial charge on any atom is 0.194 e. The molecule has 0 bridgehead atoms. The van der Waals surface area contributed by atoms with Crippen molar-refractivity contribution in [3.05, 3.63) is 18.7 Å². The largest absolute Gasteiger partial charge is 0.357 e. The molecule has 2 atom stereocenters. The Morgan fingerprint density at radius 3 is 2.91 bits per heavy atom. The highest BCUT2D eigenvalue weighted by atomic mass is 15.3. The molecule has 3 rings (SSSR count). The number of piperidine rings is 1. The Bertz CT molecular complexity index is 503. The van der Waals surface area contributed by atoms with Crippen molar-refractivity contribution in [2.45, 2.75) is 46.1 Å². The minimum absolute atomic E-state index is 0.466. The van der Waals surface area contributed by atoms with Crippen LogP contribution in [0.1, 0.15) is 46.1 Å². The van der Waals surface area contributed by atoms with Crippen LogP contribution in [0.5, 0.6) is 0 Å². The van der Waals surface area contributed by atoms with Crippen LogP contribution < -0.4 is 5.32 Å². The van der Waals surface area contributed by atoms with Gasteiger partial charge in [0.25, 0.3) is 0 Å². The Morgan fingerprint density at radius 1 is 1.45 bits per heavy atom. The summed E-state index contributed by atoms with van der Waals surface area (Å²) >= 11 is 0. The number of guanidine groups is 1. The molecule has 1 aliphatic carbocycles. The van der Waals surface area contributed by atoms with E-state index in [1.54, 1.807) is 0 Å². The number of aliphatic imine (C=N–C) groups is 1. The third kappa shape index (κ3) is 3.45. The molecule has 22 heavy (non-hydrogen) atoms. The lowest BCUT2D eigenvalue weighted by Crippen LogP contribution is -2.49. The molecule has 2 heterocycles. The van der Waals surface area contributed by atoms with E-state index in [1.807, 2.05) is 12.5 Å². The maximum atomic E-state index is 4.92. The first-order valence-electron chi connectivity index (χ1n) is 8.62. The molecule has 0 spiro atoms. The van der Waals surface area contributed by atoms with E-state index in [1.165, 1.54) is 19.3 Å². The van der Waals surface area contributed by atoms with Crippen molar-refractivity contribution in [1.29, 1.82) is 0 Å². The summed E-state index contributed by atoms with van der Waals surface area (Å²) in [6.07, 6.45) is 9.75. The molecule has 5 heteroatoms. The Hall–Kier alpha value is -1.52. The van der Waals surface area contributed by atoms with Crippen molar-refractivity contribution in [1.82, 2.24) is 19.8 Å². The van der Waals surface area contributed by atoms with Crippen LogP contribution in [0.25, 0.3) is 0 Å². The number of imidazole rings is 1. The van der Waals surface area contributed by atoms with Crippen molar-refractivity contribution in [3.63, 3.8) is 0 Å². The van der Waals surface area contributed by atoms with E-state index in [4.69, 9.17) is 4.99 Å². The summed E-state index contributed by atoms with van der Waals surface area (Å²) in [4.78, 5) is 11.6. The lowest BCUT2D eigenvalue weighted by molar-refractivity contribution is 0.189. The third-order valence-corrected chi connectivity index (χ3v) is 5.17. The zero-order valence-electron chi connectivity index (χ0n) is 14.1. The molecule has 122 valence electrons. The topological polar surface area (TPSA) is 45.5 Å². The molecule has 2 aliphatic rings. The lowest BCUT2D eigenvalue weighted by atomic mass is 9.93. The average Bonchev–Trinajstić information content (AvgIpc) is 3.03. The van der Waals surface area contributed by atoms with Crippen molar-refractivity contribution in [3.8, 4) is 0 Å². The first-order valence-corrected chi connectivity index (χ1v) is 8.62. The second-order valence-electron chi connectivity index (χ2n) is 7.27. The maximum absolute atomic E-state index is 4.92. The highest BCUT2D eigenvalue weighted by Gasteiger charge is 2.37. The van der Waals surface area contributed by atoms with E-state index in [0.717, 1.165) is 32.1 Å². The van der Waals surface area contributed by atoms with Crippen molar-refractivity contribution >= 4 is 5.96 Å². The van der Waals surface area contributed by atoms with Gasteiger partial charge in [0.2, 0.25) is 0 Å². The minimum Gasteiger partial charge on any atom is -0.357 e. The Kier molecular flexibility index (Phi) is 4.41. The lowest BCUT2D eigenvalue weighted by Gasteiger charge is -2.39. The first-order chi connectivity index (χ1) is 10.6. The summed E-state index contributed by atoms with van der Waals surface area (Å²) in [6.45, 7) is 10.8. The molecular formula is C17H29N5. The molecule has 0 radical (unpaired) electrons. The Labute approximate surface area is 133 Å². The van der Waals surface area contributed by atoms with Gasteiger partial charge in [-0.2, -0.15) is 0 Å². The normalized spacial score (nSPS) is 27.8.